The molecule has 0 saturated heterocycles. The highest BCUT2D eigenvalue weighted by Gasteiger charge is 2.15. The van der Waals surface area contributed by atoms with Gasteiger partial charge in [0.15, 0.2) is 0 Å². The molecule has 4 heteroatoms. The molecule has 3 N–H and O–H groups in total. The number of hydrogen-bond donors (Lipinski definition) is 2. The van der Waals surface area contributed by atoms with Crippen molar-refractivity contribution in [3.63, 3.8) is 0 Å². The predicted octanol–water partition coefficient (Wildman–Crippen LogP) is 2.58. The Labute approximate surface area is 105 Å². The van der Waals surface area contributed by atoms with E-state index in [1.807, 2.05) is 29.8 Å². The molecule has 0 unspecified atom stereocenters. The van der Waals surface area contributed by atoms with Crippen LogP contribution in [-0.2, 0) is 13.5 Å². The monoisotopic (exact) mass is 241 g/mol. The number of para-hydroxylation sites is 1. The second-order valence-electron chi connectivity index (χ2n) is 4.48. The number of nitrogen functional groups attached to an aromatic ring is 1. The fraction of sp³-hybridized carbons (Fsp3) is 0.214. The first-order valence-electron chi connectivity index (χ1n) is 5.99. The summed E-state index contributed by atoms with van der Waals surface area (Å²) in [6.07, 6.45) is 0.812. The molecule has 0 spiro atoms. The van der Waals surface area contributed by atoms with E-state index in [0.29, 0.717) is 5.82 Å². The van der Waals surface area contributed by atoms with E-state index in [-0.39, 0.29) is 5.75 Å². The summed E-state index contributed by atoms with van der Waals surface area (Å²) in [5.74, 6) is 0.807. The number of aryl methyl sites for hydroxylation is 2. The van der Waals surface area contributed by atoms with Gasteiger partial charge in [0.2, 0.25) is 0 Å². The number of aromatic nitrogens is 2. The molecule has 0 atom stereocenters. The summed E-state index contributed by atoms with van der Waals surface area (Å²) in [4.78, 5) is 4.38. The lowest BCUT2D eigenvalue weighted by atomic mass is 10.1. The van der Waals surface area contributed by atoms with Gasteiger partial charge in [-0.05, 0) is 18.6 Å². The normalized spacial score (nSPS) is 11.4. The van der Waals surface area contributed by atoms with E-state index in [1.54, 1.807) is 6.07 Å². The van der Waals surface area contributed by atoms with Gasteiger partial charge in [0.1, 0.15) is 11.6 Å². The number of benzene rings is 1. The second kappa shape index (κ2) is 3.63. The highest BCUT2D eigenvalue weighted by atomic mass is 16.3. The quantitative estimate of drug-likeness (QED) is 0.688. The number of nitrogens with two attached hydrogens (primary N) is 1. The molecule has 0 fully saturated rings. The molecule has 4 nitrogen and oxygen atoms in total. The van der Waals surface area contributed by atoms with Gasteiger partial charge in [-0.1, -0.05) is 19.1 Å². The first-order valence-corrected chi connectivity index (χ1v) is 5.99. The number of phenolic OH excluding ortho intramolecular Hbond substituents is 1. The molecule has 0 aliphatic carbocycles. The number of fused-ring (bicyclic) bond motifs is 3. The lowest BCUT2D eigenvalue weighted by molar-refractivity contribution is 0.479. The van der Waals surface area contributed by atoms with Crippen molar-refractivity contribution in [3.05, 3.63) is 30.0 Å². The average molecular weight is 241 g/mol. The first-order chi connectivity index (χ1) is 8.63. The van der Waals surface area contributed by atoms with E-state index in [9.17, 15) is 5.11 Å². The number of anilines is 1. The minimum Gasteiger partial charge on any atom is -0.506 e. The molecule has 0 saturated carbocycles. The fourth-order valence-electron chi connectivity index (χ4n) is 2.65. The van der Waals surface area contributed by atoms with Gasteiger partial charge in [-0.2, -0.15) is 0 Å². The van der Waals surface area contributed by atoms with Crippen molar-refractivity contribution in [1.29, 1.82) is 0 Å². The molecule has 0 aliphatic heterocycles. The van der Waals surface area contributed by atoms with Gasteiger partial charge in [0.25, 0.3) is 0 Å². The zero-order chi connectivity index (χ0) is 12.9. The summed E-state index contributed by atoms with van der Waals surface area (Å²) >= 11 is 0. The largest absolute Gasteiger partial charge is 0.506 e. The zero-order valence-corrected chi connectivity index (χ0v) is 10.4. The third-order valence-corrected chi connectivity index (χ3v) is 3.40. The molecule has 2 heterocycles. The van der Waals surface area contributed by atoms with Gasteiger partial charge in [0, 0.05) is 17.8 Å². The molecule has 0 bridgehead atoms. The minimum atomic E-state index is 0.284. The van der Waals surface area contributed by atoms with Crippen molar-refractivity contribution in [2.24, 2.45) is 7.05 Å². The SMILES string of the molecule is CCc1nc(N)cc2c3cccc(O)c3n(C)c12. The Bertz CT molecular complexity index is 759. The number of phenols is 1. The Morgan fingerprint density at radius 1 is 1.28 bits per heavy atom. The van der Waals surface area contributed by atoms with E-state index in [1.165, 1.54) is 0 Å². The van der Waals surface area contributed by atoms with Crippen LogP contribution in [-0.4, -0.2) is 14.7 Å². The van der Waals surface area contributed by atoms with Crippen LogP contribution in [0.25, 0.3) is 21.8 Å². The lowest BCUT2D eigenvalue weighted by Crippen LogP contribution is -1.98. The van der Waals surface area contributed by atoms with Crippen LogP contribution in [0, 0.1) is 0 Å². The Morgan fingerprint density at radius 2 is 2.06 bits per heavy atom. The fourth-order valence-corrected chi connectivity index (χ4v) is 2.65. The summed E-state index contributed by atoms with van der Waals surface area (Å²) in [5, 5.41) is 12.1. The van der Waals surface area contributed by atoms with E-state index >= 15 is 0 Å². The number of aromatic hydroxyl groups is 1. The van der Waals surface area contributed by atoms with Gasteiger partial charge >= 0.3 is 0 Å². The third kappa shape index (κ3) is 1.29. The number of nitrogens with zero attached hydrogens (tertiary/aromatic N) is 2. The molecule has 0 amide bonds. The van der Waals surface area contributed by atoms with Gasteiger partial charge in [-0.3, -0.25) is 0 Å². The lowest BCUT2D eigenvalue weighted by Gasteiger charge is -2.04. The molecule has 18 heavy (non-hydrogen) atoms. The molecular weight excluding hydrogens is 226 g/mol. The van der Waals surface area contributed by atoms with Gasteiger partial charge in [-0.15, -0.1) is 0 Å². The molecular formula is C14H15N3O. The van der Waals surface area contributed by atoms with Crippen LogP contribution in [0.3, 0.4) is 0 Å². The van der Waals surface area contributed by atoms with E-state index in [2.05, 4.69) is 11.9 Å². The second-order valence-corrected chi connectivity index (χ2v) is 4.48. The standard InChI is InChI=1S/C14H15N3O/c1-3-10-13-9(7-12(15)16-10)8-5-4-6-11(18)14(8)17(13)2/h4-7,18H,3H2,1-2H3,(H2,15,16). The van der Waals surface area contributed by atoms with Gasteiger partial charge in [0.05, 0.1) is 16.7 Å². The minimum absolute atomic E-state index is 0.284. The third-order valence-electron chi connectivity index (χ3n) is 3.40. The van der Waals surface area contributed by atoms with Crippen LogP contribution in [0.4, 0.5) is 5.82 Å². The van der Waals surface area contributed by atoms with E-state index in [4.69, 9.17) is 5.73 Å². The van der Waals surface area contributed by atoms with Gasteiger partial charge in [-0.25, -0.2) is 4.98 Å². The summed E-state index contributed by atoms with van der Waals surface area (Å²) in [7, 11) is 1.95. The molecule has 2 aromatic heterocycles. The van der Waals surface area contributed by atoms with Gasteiger partial charge < -0.3 is 15.4 Å². The molecule has 3 aromatic rings. The van der Waals surface area contributed by atoms with E-state index in [0.717, 1.165) is 33.9 Å². The van der Waals surface area contributed by atoms with Crippen molar-refractivity contribution in [2.75, 3.05) is 5.73 Å². The van der Waals surface area contributed by atoms with Crippen LogP contribution in [0.5, 0.6) is 5.75 Å². The molecule has 0 aliphatic rings. The summed E-state index contributed by atoms with van der Waals surface area (Å²) in [5.41, 5.74) is 8.69. The smallest absolute Gasteiger partial charge is 0.139 e. The van der Waals surface area contributed by atoms with E-state index < -0.39 is 0 Å². The maximum Gasteiger partial charge on any atom is 0.139 e. The predicted molar refractivity (Wildman–Crippen MR) is 73.7 cm³/mol. The Kier molecular flexibility index (Phi) is 2.20. The first kappa shape index (κ1) is 10.9. The summed E-state index contributed by atoms with van der Waals surface area (Å²) in [6.45, 7) is 2.05. The van der Waals surface area contributed by atoms with Crippen molar-refractivity contribution < 1.29 is 5.11 Å². The van der Waals surface area contributed by atoms with Crippen molar-refractivity contribution in [2.45, 2.75) is 13.3 Å². The van der Waals surface area contributed by atoms with Crippen molar-refractivity contribution >= 4 is 27.6 Å². The number of pyridine rings is 1. The Hall–Kier alpha value is -2.23. The average Bonchev–Trinajstić information content (AvgIpc) is 2.63. The number of rotatable bonds is 1. The maximum absolute atomic E-state index is 10.0. The topological polar surface area (TPSA) is 64.1 Å². The summed E-state index contributed by atoms with van der Waals surface area (Å²) in [6, 6.07) is 7.41. The summed E-state index contributed by atoms with van der Waals surface area (Å²) < 4.78 is 1.99. The highest BCUT2D eigenvalue weighted by Crippen LogP contribution is 2.35. The molecule has 1 aromatic carbocycles. The Morgan fingerprint density at radius 3 is 2.78 bits per heavy atom. The van der Waals surface area contributed by atoms with Crippen molar-refractivity contribution in [3.8, 4) is 5.75 Å². The molecule has 3 rings (SSSR count). The van der Waals surface area contributed by atoms with Crippen LogP contribution in [0.2, 0.25) is 0 Å². The number of hydrogen-bond acceptors (Lipinski definition) is 3. The van der Waals surface area contributed by atoms with Crippen LogP contribution >= 0.6 is 0 Å². The highest BCUT2D eigenvalue weighted by molar-refractivity contribution is 6.11. The maximum atomic E-state index is 10.0. The Balaban J connectivity index is 2.63. The zero-order valence-electron chi connectivity index (χ0n) is 10.4. The van der Waals surface area contributed by atoms with Crippen LogP contribution in [0.15, 0.2) is 24.3 Å². The van der Waals surface area contributed by atoms with Crippen LogP contribution in [0.1, 0.15) is 12.6 Å². The van der Waals surface area contributed by atoms with Crippen molar-refractivity contribution in [1.82, 2.24) is 9.55 Å². The molecule has 92 valence electrons. The molecule has 0 radical (unpaired) electrons. The van der Waals surface area contributed by atoms with Crippen LogP contribution < -0.4 is 5.73 Å².